The second-order valence-electron chi connectivity index (χ2n) is 2.22. The van der Waals surface area contributed by atoms with Crippen molar-refractivity contribution in [1.82, 2.24) is 0 Å². The zero-order valence-electron chi connectivity index (χ0n) is 6.93. The molecule has 0 saturated heterocycles. The van der Waals surface area contributed by atoms with Crippen LogP contribution in [0.25, 0.3) is 0 Å². The average molecular weight is 220 g/mol. The number of ether oxygens (including phenoxy) is 1. The van der Waals surface area contributed by atoms with Crippen LogP contribution in [0.2, 0.25) is 0 Å². The molecule has 0 aliphatic carbocycles. The van der Waals surface area contributed by atoms with E-state index in [1.54, 1.807) is 7.11 Å². The van der Waals surface area contributed by atoms with Gasteiger partial charge in [-0.05, 0) is 28.4 Å². The molecule has 0 radical (unpaired) electrons. The highest BCUT2D eigenvalue weighted by molar-refractivity contribution is 9.11. The molecule has 0 amide bonds. The second kappa shape index (κ2) is 5.38. The van der Waals surface area contributed by atoms with Gasteiger partial charge in [0.15, 0.2) is 0 Å². The normalized spacial score (nSPS) is 14.6. The van der Waals surface area contributed by atoms with Crippen molar-refractivity contribution in [2.45, 2.75) is 19.4 Å². The molecule has 0 aliphatic heterocycles. The van der Waals surface area contributed by atoms with Crippen molar-refractivity contribution in [2.75, 3.05) is 7.11 Å². The van der Waals surface area contributed by atoms with Gasteiger partial charge in [-0.15, -0.1) is 0 Å². The standard InChI is InChI=1S/C8H14BrNO/c1-4-7(11-3)5-8(9)6(2)10/h5,7H,2,4,10H2,1,3H3/b8-5+. The lowest BCUT2D eigenvalue weighted by molar-refractivity contribution is 0.138. The lowest BCUT2D eigenvalue weighted by atomic mass is 10.2. The van der Waals surface area contributed by atoms with Crippen LogP contribution in [0.15, 0.2) is 22.8 Å². The Hall–Kier alpha value is -0.280. The van der Waals surface area contributed by atoms with Gasteiger partial charge in [-0.25, -0.2) is 0 Å². The van der Waals surface area contributed by atoms with Gasteiger partial charge in [0, 0.05) is 17.3 Å². The van der Waals surface area contributed by atoms with Gasteiger partial charge in [-0.2, -0.15) is 0 Å². The maximum Gasteiger partial charge on any atom is 0.0763 e. The molecule has 3 heteroatoms. The minimum absolute atomic E-state index is 0.115. The average Bonchev–Trinajstić information content (AvgIpc) is 1.99. The Morgan fingerprint density at radius 3 is 2.64 bits per heavy atom. The topological polar surface area (TPSA) is 35.2 Å². The molecule has 11 heavy (non-hydrogen) atoms. The van der Waals surface area contributed by atoms with E-state index in [4.69, 9.17) is 10.5 Å². The summed E-state index contributed by atoms with van der Waals surface area (Å²) in [5.41, 5.74) is 5.96. The summed E-state index contributed by atoms with van der Waals surface area (Å²) in [6.07, 6.45) is 2.95. The fourth-order valence-electron chi connectivity index (χ4n) is 0.623. The summed E-state index contributed by atoms with van der Waals surface area (Å²) >= 11 is 3.28. The van der Waals surface area contributed by atoms with Crippen LogP contribution in [0.5, 0.6) is 0 Å². The minimum atomic E-state index is 0.115. The number of methoxy groups -OCH3 is 1. The first-order valence-electron chi connectivity index (χ1n) is 3.46. The van der Waals surface area contributed by atoms with Crippen LogP contribution in [-0.2, 0) is 4.74 Å². The lowest BCUT2D eigenvalue weighted by Gasteiger charge is -2.08. The highest BCUT2D eigenvalue weighted by atomic mass is 79.9. The van der Waals surface area contributed by atoms with Crippen LogP contribution in [-0.4, -0.2) is 13.2 Å². The largest absolute Gasteiger partial charge is 0.398 e. The van der Waals surface area contributed by atoms with E-state index in [0.717, 1.165) is 10.9 Å². The molecule has 64 valence electrons. The molecule has 0 aromatic rings. The summed E-state index contributed by atoms with van der Waals surface area (Å²) in [6.45, 7) is 5.63. The molecule has 0 heterocycles. The van der Waals surface area contributed by atoms with Crippen molar-refractivity contribution in [3.05, 3.63) is 22.8 Å². The van der Waals surface area contributed by atoms with Crippen LogP contribution < -0.4 is 5.73 Å². The Bertz CT molecular complexity index is 161. The predicted molar refractivity (Wildman–Crippen MR) is 51.4 cm³/mol. The summed E-state index contributed by atoms with van der Waals surface area (Å²) in [6, 6.07) is 0. The maximum atomic E-state index is 5.43. The Kier molecular flexibility index (Phi) is 5.24. The third-order valence-electron chi connectivity index (χ3n) is 1.34. The zero-order valence-corrected chi connectivity index (χ0v) is 8.52. The quantitative estimate of drug-likeness (QED) is 0.737. The number of nitrogens with two attached hydrogens (primary N) is 1. The summed E-state index contributed by atoms with van der Waals surface area (Å²) in [7, 11) is 1.67. The van der Waals surface area contributed by atoms with Crippen LogP contribution in [0.4, 0.5) is 0 Å². The van der Waals surface area contributed by atoms with E-state index in [9.17, 15) is 0 Å². The first-order valence-corrected chi connectivity index (χ1v) is 4.26. The molecular weight excluding hydrogens is 206 g/mol. The van der Waals surface area contributed by atoms with Crippen LogP contribution in [0.3, 0.4) is 0 Å². The molecular formula is C8H14BrNO. The molecule has 0 aliphatic rings. The van der Waals surface area contributed by atoms with Gasteiger partial charge in [0.2, 0.25) is 0 Å². The van der Waals surface area contributed by atoms with Crippen LogP contribution in [0.1, 0.15) is 13.3 Å². The second-order valence-corrected chi connectivity index (χ2v) is 3.08. The summed E-state index contributed by atoms with van der Waals surface area (Å²) in [5, 5.41) is 0. The third kappa shape index (κ3) is 4.22. The SMILES string of the molecule is C=C(N)/C(Br)=C\C(CC)OC. The van der Waals surface area contributed by atoms with E-state index < -0.39 is 0 Å². The smallest absolute Gasteiger partial charge is 0.0763 e. The van der Waals surface area contributed by atoms with Crippen molar-refractivity contribution >= 4 is 15.9 Å². The summed E-state index contributed by atoms with van der Waals surface area (Å²) in [5.74, 6) is 0. The van der Waals surface area contributed by atoms with Gasteiger partial charge in [0.25, 0.3) is 0 Å². The first kappa shape index (κ1) is 10.7. The predicted octanol–water partition coefficient (Wildman–Crippen LogP) is 2.16. The number of allylic oxidation sites excluding steroid dienone is 1. The van der Waals surface area contributed by atoms with Crippen molar-refractivity contribution in [3.8, 4) is 0 Å². The summed E-state index contributed by atoms with van der Waals surface area (Å²) < 4.78 is 5.93. The molecule has 2 N–H and O–H groups in total. The molecule has 0 bridgehead atoms. The van der Waals surface area contributed by atoms with E-state index >= 15 is 0 Å². The number of hydrogen-bond acceptors (Lipinski definition) is 2. The van der Waals surface area contributed by atoms with Crippen molar-refractivity contribution in [2.24, 2.45) is 5.73 Å². The lowest BCUT2D eigenvalue weighted by Crippen LogP contribution is -2.06. The number of rotatable bonds is 4. The monoisotopic (exact) mass is 219 g/mol. The van der Waals surface area contributed by atoms with E-state index in [0.29, 0.717) is 5.70 Å². The van der Waals surface area contributed by atoms with E-state index in [1.165, 1.54) is 0 Å². The molecule has 0 saturated carbocycles. The first-order chi connectivity index (χ1) is 5.11. The molecule has 0 fully saturated rings. The third-order valence-corrected chi connectivity index (χ3v) is 2.12. The molecule has 0 aromatic heterocycles. The van der Waals surface area contributed by atoms with Crippen molar-refractivity contribution in [1.29, 1.82) is 0 Å². The van der Waals surface area contributed by atoms with Gasteiger partial charge in [0.05, 0.1) is 6.10 Å². The van der Waals surface area contributed by atoms with Crippen molar-refractivity contribution < 1.29 is 4.74 Å². The number of halogens is 1. The Balaban J connectivity index is 4.14. The molecule has 0 spiro atoms. The summed E-state index contributed by atoms with van der Waals surface area (Å²) in [4.78, 5) is 0. The Labute approximate surface area is 76.2 Å². The van der Waals surface area contributed by atoms with Gasteiger partial charge in [0.1, 0.15) is 0 Å². The minimum Gasteiger partial charge on any atom is -0.398 e. The molecule has 0 aromatic carbocycles. The van der Waals surface area contributed by atoms with Gasteiger partial charge >= 0.3 is 0 Å². The molecule has 0 rings (SSSR count). The molecule has 1 atom stereocenters. The zero-order chi connectivity index (χ0) is 8.85. The van der Waals surface area contributed by atoms with E-state index in [1.807, 2.05) is 13.0 Å². The van der Waals surface area contributed by atoms with Crippen molar-refractivity contribution in [3.63, 3.8) is 0 Å². The Morgan fingerprint density at radius 2 is 2.36 bits per heavy atom. The fraction of sp³-hybridized carbons (Fsp3) is 0.500. The molecule has 1 unspecified atom stereocenters. The van der Waals surface area contributed by atoms with E-state index in [-0.39, 0.29) is 6.10 Å². The number of hydrogen-bond donors (Lipinski definition) is 1. The van der Waals surface area contributed by atoms with Gasteiger partial charge in [-0.1, -0.05) is 13.5 Å². The van der Waals surface area contributed by atoms with Gasteiger partial charge < -0.3 is 10.5 Å². The fourth-order valence-corrected chi connectivity index (χ4v) is 0.918. The molecule has 2 nitrogen and oxygen atoms in total. The highest BCUT2D eigenvalue weighted by Gasteiger charge is 2.01. The van der Waals surface area contributed by atoms with Crippen LogP contribution in [0, 0.1) is 0 Å². The Morgan fingerprint density at radius 1 is 1.82 bits per heavy atom. The van der Waals surface area contributed by atoms with E-state index in [2.05, 4.69) is 22.5 Å². The highest BCUT2D eigenvalue weighted by Crippen LogP contribution is 2.13. The van der Waals surface area contributed by atoms with Crippen LogP contribution >= 0.6 is 15.9 Å². The van der Waals surface area contributed by atoms with Gasteiger partial charge in [-0.3, -0.25) is 0 Å². The maximum absolute atomic E-state index is 5.43.